The van der Waals surface area contributed by atoms with Crippen LogP contribution >= 0.6 is 27.6 Å². The summed E-state index contributed by atoms with van der Waals surface area (Å²) in [5.41, 5.74) is 6.40. The van der Waals surface area contributed by atoms with Gasteiger partial charge in [-0.2, -0.15) is 0 Å². The Morgan fingerprint density at radius 1 is 0.939 bits per heavy atom. The molecule has 1 aromatic rings. The molecule has 0 spiro atoms. The molecule has 1 N–H and O–H groups in total. The monoisotopic (exact) mass is 701 g/mol. The zero-order valence-electron chi connectivity index (χ0n) is 21.8. The summed E-state index contributed by atoms with van der Waals surface area (Å²) >= 11 is -2.18. The van der Waals surface area contributed by atoms with E-state index in [9.17, 15) is 5.11 Å². The Morgan fingerprint density at radius 2 is 1.42 bits per heavy atom. The SMILES string of the molecule is CCCCCCCCCCC(=[C-][Si](C)(C)C(C)(C)C)C(O)CCc1ccccc1.[Cl][Ta]([Cl])[Cl]. The van der Waals surface area contributed by atoms with E-state index in [1.54, 1.807) is 0 Å². The van der Waals surface area contributed by atoms with E-state index in [0.29, 0.717) is 0 Å². The molecule has 0 radical (unpaired) electrons. The number of hydrogen-bond donors (Lipinski definition) is 1. The van der Waals surface area contributed by atoms with Gasteiger partial charge in [-0.1, -0.05) is 142 Å². The molecule has 0 saturated carbocycles. The molecule has 0 heterocycles. The standard InChI is InChI=1S/C27H47OSi.3ClH.Ta/c1-7-8-9-10-11-12-13-17-20-25(23-29(5,6)27(2,3)4)26(28)22-21-24-18-15-14-16-19-24;;;;/h14-16,18-19,26,28H,7-13,17,20-22H2,1-6H3;3*1H;/q-1;;;;+3/p-3. The van der Waals surface area contributed by atoms with Crippen LogP contribution in [-0.4, -0.2) is 19.3 Å². The molecule has 6 heteroatoms. The molecular weight excluding hydrogens is 656 g/mol. The van der Waals surface area contributed by atoms with Crippen LogP contribution in [-0.2, 0) is 21.6 Å². The summed E-state index contributed by atoms with van der Waals surface area (Å²) in [6.07, 6.45) is 13.0. The van der Waals surface area contributed by atoms with E-state index in [2.05, 4.69) is 76.8 Å². The fourth-order valence-corrected chi connectivity index (χ4v) is 4.94. The molecule has 0 amide bonds. The molecular formula is C27H47Cl3OSiTa-. The third-order valence-electron chi connectivity index (χ3n) is 6.60. The van der Waals surface area contributed by atoms with Crippen LogP contribution in [0, 0.1) is 5.70 Å². The number of rotatable bonds is 14. The van der Waals surface area contributed by atoms with Crippen LogP contribution in [0.4, 0.5) is 0 Å². The van der Waals surface area contributed by atoms with Gasteiger partial charge in [0.25, 0.3) is 0 Å². The molecule has 1 aromatic carbocycles. The maximum absolute atomic E-state index is 11.0. The minimum absolute atomic E-state index is 0.261. The van der Waals surface area contributed by atoms with Crippen molar-refractivity contribution in [3.63, 3.8) is 0 Å². The second kappa shape index (κ2) is 18.9. The summed E-state index contributed by atoms with van der Waals surface area (Å²) in [6.45, 7) is 14.1. The van der Waals surface area contributed by atoms with Gasteiger partial charge in [0.15, 0.2) is 0 Å². The van der Waals surface area contributed by atoms with E-state index >= 15 is 0 Å². The molecule has 192 valence electrons. The fraction of sp³-hybridized carbons (Fsp3) is 0.704. The predicted molar refractivity (Wildman–Crippen MR) is 150 cm³/mol. The van der Waals surface area contributed by atoms with E-state index in [-0.39, 0.29) is 11.1 Å². The van der Waals surface area contributed by atoms with Gasteiger partial charge in [0, 0.05) is 6.10 Å². The van der Waals surface area contributed by atoms with Crippen LogP contribution in [0.25, 0.3) is 0 Å². The van der Waals surface area contributed by atoms with Crippen LogP contribution in [0.1, 0.15) is 97.5 Å². The zero-order valence-corrected chi connectivity index (χ0v) is 28.3. The van der Waals surface area contributed by atoms with E-state index < -0.39 is 23.3 Å². The molecule has 1 atom stereocenters. The summed E-state index contributed by atoms with van der Waals surface area (Å²) < 4.78 is 0. The fourth-order valence-electron chi connectivity index (χ4n) is 3.47. The molecule has 0 aliphatic rings. The first-order valence-electron chi connectivity index (χ1n) is 12.5. The number of aliphatic hydroxyl groups is 1. The molecule has 0 bridgehead atoms. The summed E-state index contributed by atoms with van der Waals surface area (Å²) in [5, 5.41) is 11.3. The Labute approximate surface area is 224 Å². The number of unbranched alkanes of at least 4 members (excludes halogenated alkanes) is 7. The van der Waals surface area contributed by atoms with Crippen LogP contribution in [0.5, 0.6) is 0 Å². The summed E-state index contributed by atoms with van der Waals surface area (Å²) in [7, 11) is 13.4. The second-order valence-electron chi connectivity index (χ2n) is 10.5. The normalized spacial score (nSPS) is 13.6. The van der Waals surface area contributed by atoms with Gasteiger partial charge in [0.1, 0.15) is 0 Å². The van der Waals surface area contributed by atoms with Crippen molar-refractivity contribution in [3.05, 3.63) is 47.2 Å². The van der Waals surface area contributed by atoms with Crippen LogP contribution in [0.2, 0.25) is 18.1 Å². The van der Waals surface area contributed by atoms with E-state index in [0.717, 1.165) is 19.3 Å². The molecule has 0 aliphatic heterocycles. The topological polar surface area (TPSA) is 20.2 Å². The van der Waals surface area contributed by atoms with E-state index in [1.807, 2.05) is 0 Å². The maximum atomic E-state index is 11.0. The average Bonchev–Trinajstić information content (AvgIpc) is 2.72. The van der Waals surface area contributed by atoms with Crippen molar-refractivity contribution in [2.75, 3.05) is 0 Å². The molecule has 0 saturated heterocycles. The molecule has 0 aromatic heterocycles. The van der Waals surface area contributed by atoms with Crippen molar-refractivity contribution in [2.45, 2.75) is 123 Å². The number of hydrogen-bond acceptors (Lipinski definition) is 1. The quantitative estimate of drug-likeness (QED) is 0.116. The first-order valence-corrected chi connectivity index (χ1v) is 27.5. The van der Waals surface area contributed by atoms with Gasteiger partial charge in [-0.15, -0.1) is 0 Å². The van der Waals surface area contributed by atoms with Crippen LogP contribution in [0.3, 0.4) is 0 Å². The second-order valence-corrected chi connectivity index (χ2v) is 29.4. The number of aliphatic hydroxyl groups excluding tert-OH is 1. The molecule has 0 fully saturated rings. The summed E-state index contributed by atoms with van der Waals surface area (Å²) in [6, 6.07) is 10.5. The van der Waals surface area contributed by atoms with Gasteiger partial charge in [-0.25, -0.2) is 5.57 Å². The summed E-state index contributed by atoms with van der Waals surface area (Å²) in [4.78, 5) is 0. The van der Waals surface area contributed by atoms with Gasteiger partial charge >= 0.3 is 42.8 Å². The van der Waals surface area contributed by atoms with Gasteiger partial charge < -0.3 is 10.8 Å². The van der Waals surface area contributed by atoms with Crippen molar-refractivity contribution < 1.29 is 20.3 Å². The Morgan fingerprint density at radius 3 is 1.91 bits per heavy atom. The third-order valence-corrected chi connectivity index (χ3v) is 11.3. The van der Waals surface area contributed by atoms with Gasteiger partial charge in [0.2, 0.25) is 0 Å². The molecule has 1 rings (SSSR count). The van der Waals surface area contributed by atoms with Crippen molar-refractivity contribution in [1.82, 2.24) is 0 Å². The Balaban J connectivity index is 0.00000235. The number of halogens is 3. The first kappa shape index (κ1) is 33.7. The van der Waals surface area contributed by atoms with Crippen LogP contribution in [0.15, 0.2) is 35.9 Å². The zero-order chi connectivity index (χ0) is 25.3. The summed E-state index contributed by atoms with van der Waals surface area (Å²) in [5.74, 6) is 0. The predicted octanol–water partition coefficient (Wildman–Crippen LogP) is 10.4. The molecule has 0 aliphatic carbocycles. The van der Waals surface area contributed by atoms with Gasteiger partial charge in [0.05, 0.1) is 0 Å². The van der Waals surface area contributed by atoms with Crippen molar-refractivity contribution in [3.8, 4) is 0 Å². The Kier molecular flexibility index (Phi) is 19.4. The number of benzene rings is 1. The number of aryl methyl sites for hydroxylation is 1. The molecule has 1 unspecified atom stereocenters. The molecule has 1 nitrogen and oxygen atoms in total. The van der Waals surface area contributed by atoms with E-state index in [1.165, 1.54) is 62.5 Å². The average molecular weight is 703 g/mol. The van der Waals surface area contributed by atoms with Gasteiger partial charge in [-0.05, 0) is 18.4 Å². The Hall–Kier alpha value is 0.747. The van der Waals surface area contributed by atoms with E-state index in [4.69, 9.17) is 27.6 Å². The third kappa shape index (κ3) is 17.8. The molecule has 33 heavy (non-hydrogen) atoms. The van der Waals surface area contributed by atoms with Crippen LogP contribution < -0.4 is 0 Å². The van der Waals surface area contributed by atoms with Crippen molar-refractivity contribution in [1.29, 1.82) is 0 Å². The minimum atomic E-state index is -2.18. The van der Waals surface area contributed by atoms with Crippen molar-refractivity contribution >= 4 is 35.6 Å². The first-order chi connectivity index (χ1) is 15.4. The Bertz CT molecular complexity index is 627. The van der Waals surface area contributed by atoms with Gasteiger partial charge in [-0.3, -0.25) is 0 Å². The van der Waals surface area contributed by atoms with Crippen molar-refractivity contribution in [2.24, 2.45) is 0 Å².